The third kappa shape index (κ3) is 6.18. The van der Waals surface area contributed by atoms with E-state index in [1.165, 1.54) is 162 Å². The van der Waals surface area contributed by atoms with Gasteiger partial charge < -0.3 is 4.90 Å². The van der Waals surface area contributed by atoms with Crippen LogP contribution in [0.25, 0.3) is 33.0 Å². The molecule has 11 rings (SSSR count). The zero-order valence-corrected chi connectivity index (χ0v) is 34.3. The molecule has 4 fully saturated rings. The van der Waals surface area contributed by atoms with Gasteiger partial charge in [0, 0.05) is 22.1 Å². The minimum Gasteiger partial charge on any atom is -0.309 e. The van der Waals surface area contributed by atoms with Crippen molar-refractivity contribution in [1.82, 2.24) is 0 Å². The third-order valence-corrected chi connectivity index (χ3v) is 15.8. The van der Waals surface area contributed by atoms with Crippen molar-refractivity contribution in [1.29, 1.82) is 0 Å². The van der Waals surface area contributed by atoms with Crippen molar-refractivity contribution in [2.24, 2.45) is 11.8 Å². The molecule has 6 aromatic carbocycles. The van der Waals surface area contributed by atoms with Crippen molar-refractivity contribution in [3.8, 4) is 22.3 Å². The van der Waals surface area contributed by atoms with Crippen LogP contribution >= 0.6 is 0 Å². The van der Waals surface area contributed by atoms with E-state index in [9.17, 15) is 0 Å². The molecule has 0 saturated heterocycles. The fourth-order valence-corrected chi connectivity index (χ4v) is 12.6. The summed E-state index contributed by atoms with van der Waals surface area (Å²) in [7, 11) is 0. The number of benzene rings is 6. The monoisotopic (exact) mass is 745 g/mol. The first-order chi connectivity index (χ1) is 28.0. The van der Waals surface area contributed by atoms with Gasteiger partial charge in [0.05, 0.1) is 11.4 Å². The van der Waals surface area contributed by atoms with Gasteiger partial charge in [0.2, 0.25) is 0 Å². The van der Waals surface area contributed by atoms with Crippen LogP contribution in [0.2, 0.25) is 0 Å². The molecule has 0 heterocycles. The average molecular weight is 746 g/mol. The normalized spacial score (nSPS) is 22.8. The molecular formula is C56H59N. The summed E-state index contributed by atoms with van der Waals surface area (Å²) in [6, 6.07) is 48.5. The first-order valence-corrected chi connectivity index (χ1v) is 22.8. The van der Waals surface area contributed by atoms with Crippen LogP contribution in [0.4, 0.5) is 17.1 Å². The standard InChI is InChI=1S/C56H59N/c1-56(2)52-18-10-9-17-47(52)51-35-50(43-24-22-40(23-25-43)38-12-5-3-6-13-38)55(36-53(51)56)57(46-30-28-42(29-31-46)48-33-37-20-21-45(48)32-37)54-19-11-16-41-26-27-44(34-49(41)54)39-14-7-4-8-15-39/h9-11,16-19,22-31,34-39,45,48H,3-8,12-15,20-21,32-33H2,1-2H3. The van der Waals surface area contributed by atoms with E-state index < -0.39 is 0 Å². The highest BCUT2D eigenvalue weighted by Gasteiger charge is 2.40. The van der Waals surface area contributed by atoms with Gasteiger partial charge in [-0.1, -0.05) is 144 Å². The Balaban J connectivity index is 1.12. The lowest BCUT2D eigenvalue weighted by Gasteiger charge is -2.32. The summed E-state index contributed by atoms with van der Waals surface area (Å²) in [6.07, 6.45) is 19.1. The fraction of sp³-hybridized carbons (Fsp3) is 0.393. The topological polar surface area (TPSA) is 3.24 Å². The predicted octanol–water partition coefficient (Wildman–Crippen LogP) is 16.3. The second-order valence-electron chi connectivity index (χ2n) is 19.3. The van der Waals surface area contributed by atoms with E-state index in [0.29, 0.717) is 11.8 Å². The van der Waals surface area contributed by atoms with Gasteiger partial charge in [-0.25, -0.2) is 0 Å². The summed E-state index contributed by atoms with van der Waals surface area (Å²) < 4.78 is 0. The van der Waals surface area contributed by atoms with E-state index in [-0.39, 0.29) is 5.41 Å². The predicted molar refractivity (Wildman–Crippen MR) is 241 cm³/mol. The Morgan fingerprint density at radius 1 is 0.491 bits per heavy atom. The van der Waals surface area contributed by atoms with Crippen LogP contribution in [0.15, 0.2) is 121 Å². The number of anilines is 3. The number of nitrogens with zero attached hydrogens (tertiary/aromatic N) is 1. The summed E-state index contributed by atoms with van der Waals surface area (Å²) in [5.41, 5.74) is 16.5. The lowest BCUT2D eigenvalue weighted by molar-refractivity contribution is 0.420. The van der Waals surface area contributed by atoms with Gasteiger partial charge in [0.1, 0.15) is 0 Å². The molecule has 57 heavy (non-hydrogen) atoms. The molecule has 0 radical (unpaired) electrons. The molecule has 5 aliphatic carbocycles. The molecular weight excluding hydrogens is 687 g/mol. The van der Waals surface area contributed by atoms with Crippen LogP contribution in [-0.4, -0.2) is 0 Å². The minimum absolute atomic E-state index is 0.103. The number of hydrogen-bond donors (Lipinski definition) is 0. The Kier molecular flexibility index (Phi) is 8.94. The Labute approximate surface area is 341 Å². The fourth-order valence-electron chi connectivity index (χ4n) is 12.6. The lowest BCUT2D eigenvalue weighted by Crippen LogP contribution is -2.17. The Bertz CT molecular complexity index is 2420. The van der Waals surface area contributed by atoms with Crippen LogP contribution < -0.4 is 4.90 Å². The van der Waals surface area contributed by atoms with Crippen molar-refractivity contribution in [3.05, 3.63) is 149 Å². The van der Waals surface area contributed by atoms with E-state index >= 15 is 0 Å². The van der Waals surface area contributed by atoms with E-state index in [1.807, 2.05) is 0 Å². The van der Waals surface area contributed by atoms with Gasteiger partial charge in [0.25, 0.3) is 0 Å². The first kappa shape index (κ1) is 35.5. The smallest absolute Gasteiger partial charge is 0.0543 e. The maximum Gasteiger partial charge on any atom is 0.0543 e. The van der Waals surface area contributed by atoms with Gasteiger partial charge >= 0.3 is 0 Å². The SMILES string of the molecule is CC1(C)c2ccccc2-c2cc(-c3ccc(C4CCCCC4)cc3)c(N(c3ccc(C4CC5CCC4C5)cc3)c3cccc4ccc(C5CCCCC5)cc34)cc21. The van der Waals surface area contributed by atoms with Gasteiger partial charge in [0.15, 0.2) is 0 Å². The van der Waals surface area contributed by atoms with Crippen LogP contribution in [-0.2, 0) is 5.41 Å². The molecule has 5 aliphatic rings. The summed E-state index contributed by atoms with van der Waals surface area (Å²) in [6.45, 7) is 4.87. The number of rotatable bonds is 7. The molecule has 3 unspecified atom stereocenters. The zero-order valence-electron chi connectivity index (χ0n) is 34.3. The molecule has 1 nitrogen and oxygen atoms in total. The quantitative estimate of drug-likeness (QED) is 0.157. The zero-order chi connectivity index (χ0) is 38.1. The minimum atomic E-state index is -0.103. The first-order valence-electron chi connectivity index (χ1n) is 22.8. The van der Waals surface area contributed by atoms with E-state index in [1.54, 1.807) is 5.56 Å². The lowest BCUT2D eigenvalue weighted by atomic mass is 9.81. The molecule has 6 aromatic rings. The van der Waals surface area contributed by atoms with Gasteiger partial charge in [-0.05, 0) is 161 Å². The maximum atomic E-state index is 2.65. The van der Waals surface area contributed by atoms with E-state index in [0.717, 1.165) is 17.8 Å². The van der Waals surface area contributed by atoms with E-state index in [2.05, 4.69) is 140 Å². The van der Waals surface area contributed by atoms with Crippen molar-refractivity contribution in [3.63, 3.8) is 0 Å². The molecule has 4 saturated carbocycles. The van der Waals surface area contributed by atoms with Crippen molar-refractivity contribution in [2.45, 2.75) is 127 Å². The molecule has 0 amide bonds. The molecule has 0 aromatic heterocycles. The Morgan fingerprint density at radius 2 is 1.19 bits per heavy atom. The Hall–Kier alpha value is -4.62. The Morgan fingerprint density at radius 3 is 1.91 bits per heavy atom. The molecule has 0 N–H and O–H groups in total. The summed E-state index contributed by atoms with van der Waals surface area (Å²) in [5, 5.41) is 2.68. The van der Waals surface area contributed by atoms with Gasteiger partial charge in [-0.3, -0.25) is 0 Å². The molecule has 2 bridgehead atoms. The molecule has 1 heteroatoms. The van der Waals surface area contributed by atoms with Gasteiger partial charge in [-0.2, -0.15) is 0 Å². The van der Waals surface area contributed by atoms with Crippen LogP contribution in [0.1, 0.15) is 149 Å². The van der Waals surface area contributed by atoms with Crippen LogP contribution in [0.5, 0.6) is 0 Å². The summed E-state index contributed by atoms with van der Waals surface area (Å²) in [4.78, 5) is 2.65. The maximum absolute atomic E-state index is 2.65. The van der Waals surface area contributed by atoms with E-state index in [4.69, 9.17) is 0 Å². The number of fused-ring (bicyclic) bond motifs is 6. The van der Waals surface area contributed by atoms with Gasteiger partial charge in [-0.15, -0.1) is 0 Å². The largest absolute Gasteiger partial charge is 0.309 e. The highest BCUT2D eigenvalue weighted by atomic mass is 15.1. The van der Waals surface area contributed by atoms with Crippen molar-refractivity contribution < 1.29 is 0 Å². The van der Waals surface area contributed by atoms with Crippen molar-refractivity contribution in [2.75, 3.05) is 4.90 Å². The summed E-state index contributed by atoms with van der Waals surface area (Å²) in [5.74, 6) is 3.88. The highest BCUT2D eigenvalue weighted by molar-refractivity contribution is 6.02. The second-order valence-corrected chi connectivity index (χ2v) is 19.3. The summed E-state index contributed by atoms with van der Waals surface area (Å²) >= 11 is 0. The van der Waals surface area contributed by atoms with Crippen LogP contribution in [0.3, 0.4) is 0 Å². The highest BCUT2D eigenvalue weighted by Crippen LogP contribution is 2.56. The van der Waals surface area contributed by atoms with Crippen LogP contribution in [0, 0.1) is 11.8 Å². The third-order valence-electron chi connectivity index (χ3n) is 15.8. The second kappa shape index (κ2) is 14.3. The molecule has 288 valence electrons. The molecule has 0 aliphatic heterocycles. The number of hydrogen-bond acceptors (Lipinski definition) is 1. The average Bonchev–Trinajstić information content (AvgIpc) is 3.97. The van der Waals surface area contributed by atoms with Crippen molar-refractivity contribution >= 4 is 27.8 Å². The molecule has 0 spiro atoms. The molecule has 3 atom stereocenters.